The molecule has 0 aliphatic heterocycles. The van der Waals surface area contributed by atoms with Gasteiger partial charge >= 0.3 is 6.61 Å². The quantitative estimate of drug-likeness (QED) is 0.856. The molecule has 1 aromatic carbocycles. The van der Waals surface area contributed by atoms with E-state index in [2.05, 4.69) is 9.72 Å². The maximum atomic E-state index is 13.3. The average Bonchev–Trinajstić information content (AvgIpc) is 2.32. The Morgan fingerprint density at radius 3 is 2.56 bits per heavy atom. The zero-order valence-electron chi connectivity index (χ0n) is 9.11. The number of anilines is 1. The molecule has 94 valence electrons. The van der Waals surface area contributed by atoms with Gasteiger partial charge in [-0.05, 0) is 23.8 Å². The summed E-state index contributed by atoms with van der Waals surface area (Å²) in [6.45, 7) is -2.93. The number of ether oxygens (including phenoxy) is 1. The Bertz CT molecular complexity index is 561. The van der Waals surface area contributed by atoms with Crippen LogP contribution in [0, 0.1) is 5.82 Å². The third-order valence-electron chi connectivity index (χ3n) is 2.27. The summed E-state index contributed by atoms with van der Waals surface area (Å²) < 4.78 is 41.6. The van der Waals surface area contributed by atoms with Crippen LogP contribution in [0.4, 0.5) is 18.9 Å². The van der Waals surface area contributed by atoms with Gasteiger partial charge in [0.25, 0.3) is 0 Å². The lowest BCUT2D eigenvalue weighted by atomic mass is 10.1. The smallest absolute Gasteiger partial charge is 0.387 e. The van der Waals surface area contributed by atoms with Crippen molar-refractivity contribution in [3.8, 4) is 16.9 Å². The molecular weight excluding hydrogens is 245 g/mol. The van der Waals surface area contributed by atoms with Crippen LogP contribution >= 0.6 is 0 Å². The number of nitrogens with two attached hydrogens (primary N) is 1. The molecule has 3 nitrogen and oxygen atoms in total. The van der Waals surface area contributed by atoms with Crippen LogP contribution in [0.3, 0.4) is 0 Å². The SMILES string of the molecule is Nc1ccc(-c2cncc(OC(F)F)c2)cc1F. The molecule has 0 amide bonds. The minimum Gasteiger partial charge on any atom is -0.433 e. The molecule has 0 atom stereocenters. The van der Waals surface area contributed by atoms with Crippen LogP contribution in [0.1, 0.15) is 0 Å². The number of alkyl halides is 2. The van der Waals surface area contributed by atoms with E-state index in [1.807, 2.05) is 0 Å². The van der Waals surface area contributed by atoms with Gasteiger partial charge in [-0.2, -0.15) is 8.78 Å². The van der Waals surface area contributed by atoms with Gasteiger partial charge in [0.2, 0.25) is 0 Å². The summed E-state index contributed by atoms with van der Waals surface area (Å²) in [6, 6.07) is 5.52. The van der Waals surface area contributed by atoms with Gasteiger partial charge in [0, 0.05) is 11.8 Å². The highest BCUT2D eigenvalue weighted by molar-refractivity contribution is 5.66. The molecule has 0 radical (unpaired) electrons. The fourth-order valence-electron chi connectivity index (χ4n) is 1.45. The standard InChI is InChI=1S/C12H9F3N2O/c13-10-4-7(1-2-11(10)16)8-3-9(6-17-5-8)18-12(14)15/h1-6,12H,16H2. The van der Waals surface area contributed by atoms with Crippen LogP contribution in [0.15, 0.2) is 36.7 Å². The fraction of sp³-hybridized carbons (Fsp3) is 0.0833. The summed E-state index contributed by atoms with van der Waals surface area (Å²) in [5.41, 5.74) is 6.31. The Hall–Kier alpha value is -2.24. The first-order chi connectivity index (χ1) is 8.56. The van der Waals surface area contributed by atoms with E-state index >= 15 is 0 Å². The zero-order chi connectivity index (χ0) is 13.1. The van der Waals surface area contributed by atoms with E-state index in [0.29, 0.717) is 11.1 Å². The summed E-state index contributed by atoms with van der Waals surface area (Å²) in [4.78, 5) is 3.75. The molecule has 1 heterocycles. The lowest BCUT2D eigenvalue weighted by Crippen LogP contribution is -2.02. The first kappa shape index (κ1) is 12.2. The maximum absolute atomic E-state index is 13.3. The third-order valence-corrected chi connectivity index (χ3v) is 2.27. The Kier molecular flexibility index (Phi) is 3.36. The number of benzene rings is 1. The highest BCUT2D eigenvalue weighted by Gasteiger charge is 2.07. The second-order valence-electron chi connectivity index (χ2n) is 3.52. The summed E-state index contributed by atoms with van der Waals surface area (Å²) in [6.07, 6.45) is 2.58. The van der Waals surface area contributed by atoms with Crippen LogP contribution in [0.2, 0.25) is 0 Å². The second kappa shape index (κ2) is 4.95. The zero-order valence-corrected chi connectivity index (χ0v) is 9.11. The van der Waals surface area contributed by atoms with E-state index in [4.69, 9.17) is 5.73 Å². The molecule has 2 aromatic rings. The van der Waals surface area contributed by atoms with Crippen molar-refractivity contribution in [2.24, 2.45) is 0 Å². The highest BCUT2D eigenvalue weighted by Crippen LogP contribution is 2.25. The maximum Gasteiger partial charge on any atom is 0.387 e. The summed E-state index contributed by atoms with van der Waals surface area (Å²) >= 11 is 0. The van der Waals surface area contributed by atoms with Crippen LogP contribution in [0.25, 0.3) is 11.1 Å². The average molecular weight is 254 g/mol. The van der Waals surface area contributed by atoms with E-state index < -0.39 is 12.4 Å². The van der Waals surface area contributed by atoms with Crippen molar-refractivity contribution in [3.63, 3.8) is 0 Å². The molecule has 0 unspecified atom stereocenters. The van der Waals surface area contributed by atoms with E-state index in [1.165, 1.54) is 24.4 Å². The lowest BCUT2D eigenvalue weighted by molar-refractivity contribution is -0.0500. The van der Waals surface area contributed by atoms with E-state index in [-0.39, 0.29) is 11.4 Å². The third kappa shape index (κ3) is 2.71. The molecule has 0 bridgehead atoms. The molecule has 0 aliphatic rings. The molecule has 6 heteroatoms. The van der Waals surface area contributed by atoms with Crippen LogP contribution < -0.4 is 10.5 Å². The summed E-state index contributed by atoms with van der Waals surface area (Å²) in [7, 11) is 0. The second-order valence-corrected chi connectivity index (χ2v) is 3.52. The first-order valence-electron chi connectivity index (χ1n) is 5.01. The van der Waals surface area contributed by atoms with Gasteiger partial charge in [-0.25, -0.2) is 4.39 Å². The fourth-order valence-corrected chi connectivity index (χ4v) is 1.45. The molecule has 1 aromatic heterocycles. The molecule has 0 saturated carbocycles. The van der Waals surface area contributed by atoms with Crippen molar-refractivity contribution < 1.29 is 17.9 Å². The first-order valence-corrected chi connectivity index (χ1v) is 5.01. The number of nitrogens with zero attached hydrogens (tertiary/aromatic N) is 1. The van der Waals surface area contributed by atoms with Crippen LogP contribution in [0.5, 0.6) is 5.75 Å². The molecular formula is C12H9F3N2O. The Labute approximate surface area is 101 Å². The van der Waals surface area contributed by atoms with Crippen molar-refractivity contribution in [1.29, 1.82) is 0 Å². The van der Waals surface area contributed by atoms with Crippen molar-refractivity contribution >= 4 is 5.69 Å². The van der Waals surface area contributed by atoms with Gasteiger partial charge in [0.15, 0.2) is 0 Å². The Morgan fingerprint density at radius 2 is 1.89 bits per heavy atom. The molecule has 0 spiro atoms. The summed E-state index contributed by atoms with van der Waals surface area (Å²) in [5.74, 6) is -0.660. The van der Waals surface area contributed by atoms with Crippen molar-refractivity contribution in [1.82, 2.24) is 4.98 Å². The van der Waals surface area contributed by atoms with Gasteiger partial charge in [0.05, 0.1) is 11.9 Å². The summed E-state index contributed by atoms with van der Waals surface area (Å²) in [5, 5.41) is 0. The lowest BCUT2D eigenvalue weighted by Gasteiger charge is -2.07. The van der Waals surface area contributed by atoms with Gasteiger partial charge in [0.1, 0.15) is 11.6 Å². The monoisotopic (exact) mass is 254 g/mol. The molecule has 2 rings (SSSR count). The molecule has 2 N–H and O–H groups in total. The number of hydrogen-bond donors (Lipinski definition) is 1. The van der Waals surface area contributed by atoms with Gasteiger partial charge < -0.3 is 10.5 Å². The van der Waals surface area contributed by atoms with Crippen molar-refractivity contribution in [3.05, 3.63) is 42.5 Å². The van der Waals surface area contributed by atoms with Crippen molar-refractivity contribution in [2.45, 2.75) is 6.61 Å². The Balaban J connectivity index is 2.35. The molecule has 0 aliphatic carbocycles. The molecule has 0 saturated heterocycles. The van der Waals surface area contributed by atoms with E-state index in [9.17, 15) is 13.2 Å². The van der Waals surface area contributed by atoms with Gasteiger partial charge in [-0.1, -0.05) is 6.07 Å². The highest BCUT2D eigenvalue weighted by atomic mass is 19.3. The minimum absolute atomic E-state index is 0.0201. The number of pyridine rings is 1. The number of nitrogen functional groups attached to an aromatic ring is 1. The molecule has 18 heavy (non-hydrogen) atoms. The number of rotatable bonds is 3. The number of halogens is 3. The van der Waals surface area contributed by atoms with Crippen LogP contribution in [-0.4, -0.2) is 11.6 Å². The molecule has 0 fully saturated rings. The topological polar surface area (TPSA) is 48.1 Å². The largest absolute Gasteiger partial charge is 0.433 e. The van der Waals surface area contributed by atoms with Gasteiger partial charge in [-0.3, -0.25) is 4.98 Å². The van der Waals surface area contributed by atoms with E-state index in [1.54, 1.807) is 6.07 Å². The number of hydrogen-bond acceptors (Lipinski definition) is 3. The minimum atomic E-state index is -2.93. The predicted octanol–water partition coefficient (Wildman–Crippen LogP) is 3.07. The van der Waals surface area contributed by atoms with Crippen LogP contribution in [-0.2, 0) is 0 Å². The predicted molar refractivity (Wildman–Crippen MR) is 60.7 cm³/mol. The number of aromatic nitrogens is 1. The Morgan fingerprint density at radius 1 is 1.11 bits per heavy atom. The van der Waals surface area contributed by atoms with Gasteiger partial charge in [-0.15, -0.1) is 0 Å². The van der Waals surface area contributed by atoms with Crippen molar-refractivity contribution in [2.75, 3.05) is 5.73 Å². The van der Waals surface area contributed by atoms with E-state index in [0.717, 1.165) is 6.20 Å². The normalized spacial score (nSPS) is 10.7.